The summed E-state index contributed by atoms with van der Waals surface area (Å²) in [6.45, 7) is 1.57. The summed E-state index contributed by atoms with van der Waals surface area (Å²) in [6.07, 6.45) is 0. The van der Waals surface area contributed by atoms with Gasteiger partial charge in [-0.15, -0.1) is 10.2 Å². The van der Waals surface area contributed by atoms with Crippen LogP contribution in [0.25, 0.3) is 0 Å². The number of thioether (sulfide) groups is 1. The van der Waals surface area contributed by atoms with Gasteiger partial charge < -0.3 is 10.6 Å². The molecule has 1 aromatic heterocycles. The lowest BCUT2D eigenvalue weighted by Crippen LogP contribution is -2.38. The summed E-state index contributed by atoms with van der Waals surface area (Å²) in [6, 6.07) is 3.21. The topological polar surface area (TPSA) is 72.1 Å². The highest BCUT2D eigenvalue weighted by atomic mass is 32.2. The fourth-order valence-electron chi connectivity index (χ4n) is 1.39. The van der Waals surface area contributed by atoms with E-state index in [1.165, 1.54) is 0 Å². The molecular formula is C9H12N4OS. The molecule has 1 fully saturated rings. The second-order valence-electron chi connectivity index (χ2n) is 3.25. The van der Waals surface area contributed by atoms with Crippen molar-refractivity contribution in [2.75, 3.05) is 30.3 Å². The number of aromatic nitrogens is 2. The van der Waals surface area contributed by atoms with Crippen molar-refractivity contribution in [3.8, 4) is 0 Å². The number of hydrogen-bond acceptors (Lipinski definition) is 5. The number of carbonyl (C=O) groups excluding carboxylic acids is 1. The van der Waals surface area contributed by atoms with Crippen LogP contribution in [0.5, 0.6) is 0 Å². The molecule has 0 unspecified atom stereocenters. The van der Waals surface area contributed by atoms with Crippen molar-refractivity contribution < 1.29 is 4.79 Å². The summed E-state index contributed by atoms with van der Waals surface area (Å²) in [5.74, 6) is 2.27. The molecule has 1 aromatic rings. The van der Waals surface area contributed by atoms with E-state index in [2.05, 4.69) is 10.2 Å². The summed E-state index contributed by atoms with van der Waals surface area (Å²) in [7, 11) is 0. The van der Waals surface area contributed by atoms with Gasteiger partial charge in [0.25, 0.3) is 5.91 Å². The van der Waals surface area contributed by atoms with E-state index >= 15 is 0 Å². The third-order valence-corrected chi connectivity index (χ3v) is 3.15. The van der Waals surface area contributed by atoms with Gasteiger partial charge in [0.15, 0.2) is 5.69 Å². The highest BCUT2D eigenvalue weighted by Crippen LogP contribution is 2.11. The standard InChI is InChI=1S/C9H12N4OS/c10-8-2-1-7(11-12-8)9(14)13-3-5-15-6-4-13/h1-2H,3-6H2,(H2,10,12). The molecule has 15 heavy (non-hydrogen) atoms. The van der Waals surface area contributed by atoms with Gasteiger partial charge in [0.1, 0.15) is 5.82 Å². The van der Waals surface area contributed by atoms with E-state index in [1.807, 2.05) is 11.8 Å². The number of anilines is 1. The Morgan fingerprint density at radius 2 is 2.07 bits per heavy atom. The average molecular weight is 224 g/mol. The first kappa shape index (κ1) is 10.2. The number of carbonyl (C=O) groups is 1. The molecule has 6 heteroatoms. The molecule has 0 saturated carbocycles. The Kier molecular flexibility index (Phi) is 3.05. The lowest BCUT2D eigenvalue weighted by atomic mass is 10.3. The Balaban J connectivity index is 2.09. The molecule has 0 aliphatic carbocycles. The highest BCUT2D eigenvalue weighted by molar-refractivity contribution is 7.99. The van der Waals surface area contributed by atoms with Crippen LogP contribution in [0.15, 0.2) is 12.1 Å². The van der Waals surface area contributed by atoms with Gasteiger partial charge in [0.05, 0.1) is 0 Å². The SMILES string of the molecule is Nc1ccc(C(=O)N2CCSCC2)nn1. The minimum absolute atomic E-state index is 0.0530. The van der Waals surface area contributed by atoms with Gasteiger partial charge in [-0.05, 0) is 12.1 Å². The molecule has 0 spiro atoms. The van der Waals surface area contributed by atoms with E-state index in [0.29, 0.717) is 11.5 Å². The zero-order valence-corrected chi connectivity index (χ0v) is 9.04. The first-order valence-corrected chi connectivity index (χ1v) is 5.89. The molecule has 80 valence electrons. The summed E-state index contributed by atoms with van der Waals surface area (Å²) < 4.78 is 0. The van der Waals surface area contributed by atoms with Crippen LogP contribution in [0.2, 0.25) is 0 Å². The van der Waals surface area contributed by atoms with Gasteiger partial charge in [-0.25, -0.2) is 0 Å². The van der Waals surface area contributed by atoms with Crippen LogP contribution < -0.4 is 5.73 Å². The van der Waals surface area contributed by atoms with E-state index in [-0.39, 0.29) is 5.91 Å². The predicted octanol–water partition coefficient (Wildman–Crippen LogP) is 0.248. The van der Waals surface area contributed by atoms with Crippen LogP contribution in [0.3, 0.4) is 0 Å². The van der Waals surface area contributed by atoms with Gasteiger partial charge in [0, 0.05) is 24.6 Å². The molecular weight excluding hydrogens is 212 g/mol. The second kappa shape index (κ2) is 4.48. The maximum atomic E-state index is 11.9. The quantitative estimate of drug-likeness (QED) is 0.740. The zero-order valence-electron chi connectivity index (χ0n) is 8.22. The maximum Gasteiger partial charge on any atom is 0.274 e. The average Bonchev–Trinajstić information content (AvgIpc) is 2.30. The van der Waals surface area contributed by atoms with Crippen LogP contribution in [-0.2, 0) is 0 Å². The zero-order chi connectivity index (χ0) is 10.7. The first-order chi connectivity index (χ1) is 7.27. The molecule has 2 heterocycles. The number of nitrogen functional groups attached to an aromatic ring is 1. The first-order valence-electron chi connectivity index (χ1n) is 4.73. The number of amides is 1. The minimum atomic E-state index is -0.0530. The van der Waals surface area contributed by atoms with E-state index in [4.69, 9.17) is 5.73 Å². The minimum Gasteiger partial charge on any atom is -0.382 e. The monoisotopic (exact) mass is 224 g/mol. The van der Waals surface area contributed by atoms with Gasteiger partial charge in [-0.1, -0.05) is 0 Å². The van der Waals surface area contributed by atoms with Gasteiger partial charge >= 0.3 is 0 Å². The van der Waals surface area contributed by atoms with Gasteiger partial charge in [-0.3, -0.25) is 4.79 Å². The van der Waals surface area contributed by atoms with Crippen molar-refractivity contribution >= 4 is 23.5 Å². The normalized spacial score (nSPS) is 16.4. The van der Waals surface area contributed by atoms with Crippen LogP contribution >= 0.6 is 11.8 Å². The Morgan fingerprint density at radius 1 is 1.33 bits per heavy atom. The summed E-state index contributed by atoms with van der Waals surface area (Å²) in [5, 5.41) is 7.45. The molecule has 1 saturated heterocycles. The van der Waals surface area contributed by atoms with Crippen molar-refractivity contribution in [2.45, 2.75) is 0 Å². The van der Waals surface area contributed by atoms with Crippen molar-refractivity contribution in [1.82, 2.24) is 15.1 Å². The molecule has 1 aliphatic heterocycles. The van der Waals surface area contributed by atoms with Crippen LogP contribution in [0.4, 0.5) is 5.82 Å². The highest BCUT2D eigenvalue weighted by Gasteiger charge is 2.19. The second-order valence-corrected chi connectivity index (χ2v) is 4.47. The van der Waals surface area contributed by atoms with Crippen molar-refractivity contribution in [1.29, 1.82) is 0 Å². The fourth-order valence-corrected chi connectivity index (χ4v) is 2.29. The largest absolute Gasteiger partial charge is 0.382 e. The van der Waals surface area contributed by atoms with E-state index in [9.17, 15) is 4.79 Å². The Labute approximate surface area is 92.0 Å². The van der Waals surface area contributed by atoms with E-state index in [0.717, 1.165) is 24.6 Å². The molecule has 1 aliphatic rings. The maximum absolute atomic E-state index is 11.9. The lowest BCUT2D eigenvalue weighted by Gasteiger charge is -2.25. The Bertz CT molecular complexity index is 348. The summed E-state index contributed by atoms with van der Waals surface area (Å²) in [5.41, 5.74) is 5.77. The third kappa shape index (κ3) is 2.38. The molecule has 0 atom stereocenters. The van der Waals surface area contributed by atoms with Gasteiger partial charge in [0.2, 0.25) is 0 Å². The van der Waals surface area contributed by atoms with Crippen molar-refractivity contribution in [3.05, 3.63) is 17.8 Å². The Morgan fingerprint density at radius 3 is 2.67 bits per heavy atom. The Hall–Kier alpha value is -1.30. The van der Waals surface area contributed by atoms with Crippen LogP contribution in [0.1, 0.15) is 10.5 Å². The third-order valence-electron chi connectivity index (χ3n) is 2.20. The lowest BCUT2D eigenvalue weighted by molar-refractivity contribution is 0.0765. The molecule has 0 radical (unpaired) electrons. The molecule has 0 aromatic carbocycles. The number of hydrogen-bond donors (Lipinski definition) is 1. The van der Waals surface area contributed by atoms with E-state index < -0.39 is 0 Å². The van der Waals surface area contributed by atoms with Gasteiger partial charge in [-0.2, -0.15) is 11.8 Å². The molecule has 2 N–H and O–H groups in total. The fraction of sp³-hybridized carbons (Fsp3) is 0.444. The smallest absolute Gasteiger partial charge is 0.274 e. The van der Waals surface area contributed by atoms with Crippen molar-refractivity contribution in [2.24, 2.45) is 0 Å². The molecule has 5 nitrogen and oxygen atoms in total. The van der Waals surface area contributed by atoms with Crippen LogP contribution in [0, 0.1) is 0 Å². The summed E-state index contributed by atoms with van der Waals surface area (Å²) in [4.78, 5) is 13.7. The number of rotatable bonds is 1. The summed E-state index contributed by atoms with van der Waals surface area (Å²) >= 11 is 1.86. The van der Waals surface area contributed by atoms with E-state index in [1.54, 1.807) is 17.0 Å². The molecule has 1 amide bonds. The predicted molar refractivity (Wildman–Crippen MR) is 59.7 cm³/mol. The number of nitrogens with two attached hydrogens (primary N) is 1. The molecule has 2 rings (SSSR count). The molecule has 0 bridgehead atoms. The number of nitrogens with zero attached hydrogens (tertiary/aromatic N) is 3. The van der Waals surface area contributed by atoms with Crippen LogP contribution in [-0.4, -0.2) is 45.6 Å². The van der Waals surface area contributed by atoms with Crippen molar-refractivity contribution in [3.63, 3.8) is 0 Å².